The monoisotopic (exact) mass is 310 g/mol. The van der Waals surface area contributed by atoms with Gasteiger partial charge in [0.25, 0.3) is 0 Å². The van der Waals surface area contributed by atoms with Gasteiger partial charge in [-0.1, -0.05) is 30.3 Å². The molecule has 0 radical (unpaired) electrons. The summed E-state index contributed by atoms with van der Waals surface area (Å²) >= 11 is 1.12. The fourth-order valence-electron chi connectivity index (χ4n) is 1.55. The van der Waals surface area contributed by atoms with E-state index in [1.165, 1.54) is 7.05 Å². The number of ether oxygens (including phenoxy) is 1. The number of carbonyl (C=O) groups excluding carboxylic acids is 3. The zero-order valence-corrected chi connectivity index (χ0v) is 12.7. The van der Waals surface area contributed by atoms with E-state index in [1.807, 2.05) is 6.07 Å². The largest absolute Gasteiger partial charge is 0.465 e. The summed E-state index contributed by atoms with van der Waals surface area (Å²) in [5, 5.41) is 3.88. The number of carbonyl (C=O) groups is 3. The maximum Gasteiger partial charge on any atom is 0.321 e. The molecule has 0 aliphatic rings. The number of amides is 3. The second kappa shape index (κ2) is 9.02. The number of urea groups is 1. The lowest BCUT2D eigenvalue weighted by molar-refractivity contribution is -0.139. The number of imide groups is 1. The second-order valence-electron chi connectivity index (χ2n) is 3.98. The van der Waals surface area contributed by atoms with Gasteiger partial charge in [0, 0.05) is 7.05 Å². The summed E-state index contributed by atoms with van der Waals surface area (Å²) in [6.45, 7) is 2.01. The first-order valence-corrected chi connectivity index (χ1v) is 7.48. The van der Waals surface area contributed by atoms with Crippen molar-refractivity contribution in [2.45, 2.75) is 12.2 Å². The Labute approximate surface area is 127 Å². The molecule has 0 unspecified atom stereocenters. The third kappa shape index (κ3) is 5.86. The molecule has 0 saturated carbocycles. The molecule has 7 heteroatoms. The molecule has 0 saturated heterocycles. The third-order valence-corrected chi connectivity index (χ3v) is 3.70. The van der Waals surface area contributed by atoms with Crippen molar-refractivity contribution in [1.29, 1.82) is 0 Å². The maximum absolute atomic E-state index is 12.1. The molecule has 114 valence electrons. The van der Waals surface area contributed by atoms with Crippen LogP contribution in [0.1, 0.15) is 17.7 Å². The number of benzene rings is 1. The molecule has 0 aromatic heterocycles. The SMILES string of the molecule is CCOC(=O)CS[C@@H](C(=O)NC(=O)NC)c1ccccc1. The van der Waals surface area contributed by atoms with Gasteiger partial charge < -0.3 is 10.1 Å². The second-order valence-corrected chi connectivity index (χ2v) is 5.07. The van der Waals surface area contributed by atoms with Crippen LogP contribution in [0, 0.1) is 0 Å². The van der Waals surface area contributed by atoms with Crippen molar-refractivity contribution in [2.75, 3.05) is 19.4 Å². The zero-order chi connectivity index (χ0) is 15.7. The van der Waals surface area contributed by atoms with E-state index < -0.39 is 23.2 Å². The zero-order valence-electron chi connectivity index (χ0n) is 11.9. The molecule has 1 atom stereocenters. The van der Waals surface area contributed by atoms with Crippen LogP contribution in [0.3, 0.4) is 0 Å². The quantitative estimate of drug-likeness (QED) is 0.778. The van der Waals surface area contributed by atoms with Gasteiger partial charge in [-0.05, 0) is 12.5 Å². The predicted octanol–water partition coefficient (Wildman–Crippen LogP) is 1.48. The van der Waals surface area contributed by atoms with Gasteiger partial charge in [0.15, 0.2) is 0 Å². The Morgan fingerprint density at radius 2 is 1.90 bits per heavy atom. The Morgan fingerprint density at radius 1 is 1.24 bits per heavy atom. The predicted molar refractivity (Wildman–Crippen MR) is 80.9 cm³/mol. The Balaban J connectivity index is 2.78. The lowest BCUT2D eigenvalue weighted by Gasteiger charge is -2.15. The summed E-state index contributed by atoms with van der Waals surface area (Å²) in [7, 11) is 1.42. The average molecular weight is 310 g/mol. The summed E-state index contributed by atoms with van der Waals surface area (Å²) in [6, 6.07) is 8.37. The molecule has 3 amide bonds. The molecule has 0 aliphatic heterocycles. The van der Waals surface area contributed by atoms with Gasteiger partial charge in [0.2, 0.25) is 5.91 Å². The molecule has 0 spiro atoms. The molecule has 1 rings (SSSR count). The van der Waals surface area contributed by atoms with Gasteiger partial charge in [-0.2, -0.15) is 0 Å². The van der Waals surface area contributed by atoms with Crippen molar-refractivity contribution in [3.05, 3.63) is 35.9 Å². The Morgan fingerprint density at radius 3 is 2.48 bits per heavy atom. The molecular weight excluding hydrogens is 292 g/mol. The first kappa shape index (κ1) is 17.0. The molecular formula is C14H18N2O4S. The molecule has 0 bridgehead atoms. The summed E-state index contributed by atoms with van der Waals surface area (Å²) < 4.78 is 4.84. The number of esters is 1. The van der Waals surface area contributed by atoms with Crippen LogP contribution in [-0.2, 0) is 14.3 Å². The summed E-state index contributed by atoms with van der Waals surface area (Å²) in [6.07, 6.45) is 0. The van der Waals surface area contributed by atoms with Crippen molar-refractivity contribution in [3.63, 3.8) is 0 Å². The minimum atomic E-state index is -0.659. The van der Waals surface area contributed by atoms with Crippen molar-refractivity contribution < 1.29 is 19.1 Å². The highest BCUT2D eigenvalue weighted by Gasteiger charge is 2.23. The van der Waals surface area contributed by atoms with Crippen LogP contribution in [0.4, 0.5) is 4.79 Å². The highest BCUT2D eigenvalue weighted by Crippen LogP contribution is 2.29. The molecule has 6 nitrogen and oxygen atoms in total. The van der Waals surface area contributed by atoms with E-state index in [0.29, 0.717) is 12.2 Å². The molecule has 1 aromatic rings. The molecule has 0 aliphatic carbocycles. The molecule has 0 heterocycles. The standard InChI is InChI=1S/C14H18N2O4S/c1-3-20-11(17)9-21-12(10-7-5-4-6-8-10)13(18)16-14(19)15-2/h4-8,12H,3,9H2,1-2H3,(H2,15,16,18,19)/t12-/m1/s1. The third-order valence-electron chi connectivity index (χ3n) is 2.48. The lowest BCUT2D eigenvalue weighted by Crippen LogP contribution is -2.39. The highest BCUT2D eigenvalue weighted by molar-refractivity contribution is 8.00. The van der Waals surface area contributed by atoms with Gasteiger partial charge >= 0.3 is 12.0 Å². The van der Waals surface area contributed by atoms with E-state index in [9.17, 15) is 14.4 Å². The van der Waals surface area contributed by atoms with Crippen molar-refractivity contribution in [3.8, 4) is 0 Å². The van der Waals surface area contributed by atoms with Crippen LogP contribution in [0.5, 0.6) is 0 Å². The van der Waals surface area contributed by atoms with Crippen molar-refractivity contribution in [2.24, 2.45) is 0 Å². The minimum Gasteiger partial charge on any atom is -0.465 e. The highest BCUT2D eigenvalue weighted by atomic mass is 32.2. The van der Waals surface area contributed by atoms with Crippen molar-refractivity contribution >= 4 is 29.7 Å². The van der Waals surface area contributed by atoms with Gasteiger partial charge in [0.1, 0.15) is 5.25 Å². The Bertz CT molecular complexity index is 493. The van der Waals surface area contributed by atoms with E-state index in [4.69, 9.17) is 4.74 Å². The average Bonchev–Trinajstić information content (AvgIpc) is 2.48. The normalized spacial score (nSPS) is 11.3. The van der Waals surface area contributed by atoms with E-state index in [2.05, 4.69) is 10.6 Å². The van der Waals surface area contributed by atoms with E-state index in [-0.39, 0.29) is 5.75 Å². The van der Waals surface area contributed by atoms with Gasteiger partial charge in [0.05, 0.1) is 12.4 Å². The number of thioether (sulfide) groups is 1. The molecule has 2 N–H and O–H groups in total. The van der Waals surface area contributed by atoms with E-state index >= 15 is 0 Å². The fourth-order valence-corrected chi connectivity index (χ4v) is 2.49. The first-order chi connectivity index (χ1) is 10.1. The summed E-state index contributed by atoms with van der Waals surface area (Å²) in [4.78, 5) is 34.8. The van der Waals surface area contributed by atoms with Gasteiger partial charge in [-0.25, -0.2) is 4.79 Å². The van der Waals surface area contributed by atoms with Crippen LogP contribution in [-0.4, -0.2) is 37.3 Å². The van der Waals surface area contributed by atoms with Crippen LogP contribution >= 0.6 is 11.8 Å². The fraction of sp³-hybridized carbons (Fsp3) is 0.357. The lowest BCUT2D eigenvalue weighted by atomic mass is 10.1. The maximum atomic E-state index is 12.1. The van der Waals surface area contributed by atoms with Crippen molar-refractivity contribution in [1.82, 2.24) is 10.6 Å². The number of hydrogen-bond acceptors (Lipinski definition) is 5. The van der Waals surface area contributed by atoms with Crippen LogP contribution < -0.4 is 10.6 Å². The van der Waals surface area contributed by atoms with Gasteiger partial charge in [-0.3, -0.25) is 14.9 Å². The number of nitrogens with one attached hydrogen (secondary N) is 2. The van der Waals surface area contributed by atoms with Gasteiger partial charge in [-0.15, -0.1) is 11.8 Å². The minimum absolute atomic E-state index is 0.0363. The summed E-state index contributed by atoms with van der Waals surface area (Å²) in [5.74, 6) is -0.833. The molecule has 0 fully saturated rings. The van der Waals surface area contributed by atoms with Crippen LogP contribution in [0.15, 0.2) is 30.3 Å². The van der Waals surface area contributed by atoms with E-state index in [1.54, 1.807) is 31.2 Å². The first-order valence-electron chi connectivity index (χ1n) is 6.43. The molecule has 1 aromatic carbocycles. The smallest absolute Gasteiger partial charge is 0.321 e. The number of hydrogen-bond donors (Lipinski definition) is 2. The molecule has 21 heavy (non-hydrogen) atoms. The topological polar surface area (TPSA) is 84.5 Å². The van der Waals surface area contributed by atoms with Crippen LogP contribution in [0.25, 0.3) is 0 Å². The Kier molecular flexibility index (Phi) is 7.31. The van der Waals surface area contributed by atoms with E-state index in [0.717, 1.165) is 11.8 Å². The van der Waals surface area contributed by atoms with Crippen LogP contribution in [0.2, 0.25) is 0 Å². The summed E-state index contributed by atoms with van der Waals surface area (Å²) in [5.41, 5.74) is 0.716. The Hall–Kier alpha value is -2.02. The number of rotatable bonds is 6.